The van der Waals surface area contributed by atoms with Gasteiger partial charge in [-0.3, -0.25) is 0 Å². The van der Waals surface area contributed by atoms with Gasteiger partial charge in [0.15, 0.2) is 0 Å². The Kier molecular flexibility index (Phi) is 5.00. The van der Waals surface area contributed by atoms with E-state index in [1.165, 1.54) is 44.1 Å². The molecule has 1 aromatic carbocycles. The van der Waals surface area contributed by atoms with Crippen LogP contribution in [0.25, 0.3) is 0 Å². The van der Waals surface area contributed by atoms with E-state index in [1.54, 1.807) is 0 Å². The molecule has 2 nitrogen and oxygen atoms in total. The van der Waals surface area contributed by atoms with Crippen LogP contribution in [-0.2, 0) is 6.61 Å². The van der Waals surface area contributed by atoms with Crippen LogP contribution in [0.4, 0.5) is 0 Å². The van der Waals surface area contributed by atoms with E-state index in [0.717, 1.165) is 21.7 Å². The number of halogens is 1. The van der Waals surface area contributed by atoms with E-state index in [0.29, 0.717) is 17.5 Å². The second kappa shape index (κ2) is 7.37. The maximum absolute atomic E-state index is 6.36. The molecule has 0 bridgehead atoms. The van der Waals surface area contributed by atoms with Gasteiger partial charge in [-0.25, -0.2) is 4.98 Å². The highest BCUT2D eigenvalue weighted by Gasteiger charge is 2.24. The van der Waals surface area contributed by atoms with Crippen molar-refractivity contribution in [1.82, 2.24) is 4.98 Å². The van der Waals surface area contributed by atoms with E-state index in [-0.39, 0.29) is 0 Å². The SMILES string of the molecule is Clc1cc(C2CC2)ccc1OCc1cccc(SC2CCCC2)n1. The molecule has 2 aromatic rings. The van der Waals surface area contributed by atoms with E-state index in [1.807, 2.05) is 30.0 Å². The predicted octanol–water partition coefficient (Wildman–Crippen LogP) is 6.23. The first-order chi connectivity index (χ1) is 11.8. The highest BCUT2D eigenvalue weighted by Crippen LogP contribution is 2.42. The van der Waals surface area contributed by atoms with Crippen LogP contribution in [0.3, 0.4) is 0 Å². The molecule has 0 spiro atoms. The molecule has 2 fully saturated rings. The Morgan fingerprint density at radius 2 is 1.92 bits per heavy atom. The predicted molar refractivity (Wildman–Crippen MR) is 100 cm³/mol. The summed E-state index contributed by atoms with van der Waals surface area (Å²) in [5.41, 5.74) is 2.29. The number of benzene rings is 1. The average molecular weight is 360 g/mol. The highest BCUT2D eigenvalue weighted by molar-refractivity contribution is 7.99. The summed E-state index contributed by atoms with van der Waals surface area (Å²) in [6.45, 7) is 0.460. The first-order valence-electron chi connectivity index (χ1n) is 8.83. The van der Waals surface area contributed by atoms with Crippen molar-refractivity contribution in [3.8, 4) is 5.75 Å². The average Bonchev–Trinajstić information content (AvgIpc) is 3.32. The molecule has 4 rings (SSSR count). The lowest BCUT2D eigenvalue weighted by atomic mass is 10.1. The molecule has 0 atom stereocenters. The number of pyridine rings is 1. The molecular weight excluding hydrogens is 338 g/mol. The summed E-state index contributed by atoms with van der Waals surface area (Å²) in [4.78, 5) is 4.73. The van der Waals surface area contributed by atoms with Crippen LogP contribution in [0.5, 0.6) is 5.75 Å². The van der Waals surface area contributed by atoms with Gasteiger partial charge in [0.1, 0.15) is 12.4 Å². The van der Waals surface area contributed by atoms with Crippen LogP contribution >= 0.6 is 23.4 Å². The molecule has 126 valence electrons. The number of thioether (sulfide) groups is 1. The Morgan fingerprint density at radius 1 is 1.08 bits per heavy atom. The van der Waals surface area contributed by atoms with Gasteiger partial charge in [-0.1, -0.05) is 36.6 Å². The molecule has 0 radical (unpaired) electrons. The number of rotatable bonds is 6. The van der Waals surface area contributed by atoms with Crippen molar-refractivity contribution in [2.45, 2.75) is 61.3 Å². The Hall–Kier alpha value is -1.19. The molecule has 2 aliphatic carbocycles. The van der Waals surface area contributed by atoms with E-state index < -0.39 is 0 Å². The minimum atomic E-state index is 0.460. The standard InChI is InChI=1S/C20H22ClNOS/c21-18-12-15(14-8-9-14)10-11-19(18)23-13-16-4-3-7-20(22-16)24-17-5-1-2-6-17/h3-4,7,10-12,14,17H,1-2,5-6,8-9,13H2. The van der Waals surface area contributed by atoms with Crippen molar-refractivity contribution < 1.29 is 4.74 Å². The van der Waals surface area contributed by atoms with E-state index in [4.69, 9.17) is 21.3 Å². The Morgan fingerprint density at radius 3 is 2.67 bits per heavy atom. The third-order valence-electron chi connectivity index (χ3n) is 4.75. The van der Waals surface area contributed by atoms with Crippen LogP contribution in [0.15, 0.2) is 41.4 Å². The van der Waals surface area contributed by atoms with Gasteiger partial charge in [-0.15, -0.1) is 11.8 Å². The van der Waals surface area contributed by atoms with Gasteiger partial charge in [0.25, 0.3) is 0 Å². The number of hydrogen-bond acceptors (Lipinski definition) is 3. The zero-order valence-corrected chi connectivity index (χ0v) is 15.3. The first-order valence-corrected chi connectivity index (χ1v) is 10.1. The van der Waals surface area contributed by atoms with Gasteiger partial charge in [0.05, 0.1) is 15.7 Å². The molecule has 0 unspecified atom stereocenters. The topological polar surface area (TPSA) is 22.1 Å². The van der Waals surface area contributed by atoms with Crippen molar-refractivity contribution in [3.05, 3.63) is 52.7 Å². The molecule has 0 amide bonds. The zero-order chi connectivity index (χ0) is 16.4. The van der Waals surface area contributed by atoms with Crippen molar-refractivity contribution in [1.29, 1.82) is 0 Å². The molecule has 2 saturated carbocycles. The molecule has 24 heavy (non-hydrogen) atoms. The van der Waals surface area contributed by atoms with E-state index >= 15 is 0 Å². The number of ether oxygens (including phenoxy) is 1. The third kappa shape index (κ3) is 4.07. The van der Waals surface area contributed by atoms with E-state index in [2.05, 4.69) is 18.2 Å². The third-order valence-corrected chi connectivity index (χ3v) is 6.32. The number of aromatic nitrogens is 1. The fourth-order valence-corrected chi connectivity index (χ4v) is 4.72. The molecular formula is C20H22ClNOS. The number of hydrogen-bond donors (Lipinski definition) is 0. The normalized spacial score (nSPS) is 18.0. The van der Waals surface area contributed by atoms with Crippen molar-refractivity contribution >= 4 is 23.4 Å². The Bertz CT molecular complexity index is 711. The van der Waals surface area contributed by atoms with Gasteiger partial charge >= 0.3 is 0 Å². The van der Waals surface area contributed by atoms with Gasteiger partial charge in [-0.05, 0) is 61.4 Å². The highest BCUT2D eigenvalue weighted by atomic mass is 35.5. The molecule has 2 aliphatic rings. The van der Waals surface area contributed by atoms with Crippen LogP contribution < -0.4 is 4.74 Å². The Balaban J connectivity index is 1.38. The smallest absolute Gasteiger partial charge is 0.138 e. The fraction of sp³-hybridized carbons (Fsp3) is 0.450. The van der Waals surface area contributed by atoms with Crippen LogP contribution in [-0.4, -0.2) is 10.2 Å². The minimum Gasteiger partial charge on any atom is -0.486 e. The van der Waals surface area contributed by atoms with Crippen LogP contribution in [0, 0.1) is 0 Å². The van der Waals surface area contributed by atoms with Crippen LogP contribution in [0.2, 0.25) is 5.02 Å². The second-order valence-electron chi connectivity index (χ2n) is 6.74. The minimum absolute atomic E-state index is 0.460. The summed E-state index contributed by atoms with van der Waals surface area (Å²) in [5, 5.41) is 2.55. The quantitative estimate of drug-likeness (QED) is 0.610. The first kappa shape index (κ1) is 16.3. The summed E-state index contributed by atoms with van der Waals surface area (Å²) in [7, 11) is 0. The molecule has 0 aliphatic heterocycles. The van der Waals surface area contributed by atoms with Crippen molar-refractivity contribution in [3.63, 3.8) is 0 Å². The monoisotopic (exact) mass is 359 g/mol. The largest absolute Gasteiger partial charge is 0.486 e. The summed E-state index contributed by atoms with van der Waals surface area (Å²) in [6, 6.07) is 12.4. The summed E-state index contributed by atoms with van der Waals surface area (Å²) < 4.78 is 5.90. The fourth-order valence-electron chi connectivity index (χ4n) is 3.24. The van der Waals surface area contributed by atoms with Gasteiger partial charge in [0.2, 0.25) is 0 Å². The summed E-state index contributed by atoms with van der Waals surface area (Å²) in [5.74, 6) is 1.46. The molecule has 0 N–H and O–H groups in total. The van der Waals surface area contributed by atoms with Gasteiger partial charge in [0, 0.05) is 5.25 Å². The van der Waals surface area contributed by atoms with Crippen molar-refractivity contribution in [2.24, 2.45) is 0 Å². The zero-order valence-electron chi connectivity index (χ0n) is 13.7. The van der Waals surface area contributed by atoms with Gasteiger partial charge in [-0.2, -0.15) is 0 Å². The van der Waals surface area contributed by atoms with E-state index in [9.17, 15) is 0 Å². The maximum Gasteiger partial charge on any atom is 0.138 e. The summed E-state index contributed by atoms with van der Waals surface area (Å²) in [6.07, 6.45) is 7.91. The van der Waals surface area contributed by atoms with Crippen LogP contribution in [0.1, 0.15) is 55.7 Å². The lowest BCUT2D eigenvalue weighted by Crippen LogP contribution is -2.01. The number of nitrogens with zero attached hydrogens (tertiary/aromatic N) is 1. The lowest BCUT2D eigenvalue weighted by Gasteiger charge is -2.11. The molecule has 1 heterocycles. The summed E-state index contributed by atoms with van der Waals surface area (Å²) >= 11 is 8.27. The molecule has 1 aromatic heterocycles. The maximum atomic E-state index is 6.36. The molecule has 0 saturated heterocycles. The Labute approximate surface area is 153 Å². The van der Waals surface area contributed by atoms with Crippen molar-refractivity contribution in [2.75, 3.05) is 0 Å². The molecule has 4 heteroatoms. The lowest BCUT2D eigenvalue weighted by molar-refractivity contribution is 0.300. The second-order valence-corrected chi connectivity index (χ2v) is 8.47. The van der Waals surface area contributed by atoms with Gasteiger partial charge < -0.3 is 4.74 Å².